The summed E-state index contributed by atoms with van der Waals surface area (Å²) in [4.78, 5) is 0. The smallest absolute Gasteiger partial charge is 0.146 e. The highest BCUT2D eigenvalue weighted by molar-refractivity contribution is 6.30. The van der Waals surface area contributed by atoms with Gasteiger partial charge in [-0.25, -0.2) is 4.39 Å². The Morgan fingerprint density at radius 2 is 2.31 bits per heavy atom. The molecule has 0 atom stereocenters. The maximum Gasteiger partial charge on any atom is 0.146 e. The van der Waals surface area contributed by atoms with Crippen molar-refractivity contribution in [2.24, 2.45) is 0 Å². The molecule has 0 aromatic heterocycles. The van der Waals surface area contributed by atoms with Crippen molar-refractivity contribution in [2.75, 3.05) is 11.9 Å². The summed E-state index contributed by atoms with van der Waals surface area (Å²) < 4.78 is 13.0. The second-order valence-electron chi connectivity index (χ2n) is 2.51. The largest absolute Gasteiger partial charge is 0.382 e. The van der Waals surface area contributed by atoms with E-state index in [0.717, 1.165) is 0 Å². The Morgan fingerprint density at radius 3 is 3.00 bits per heavy atom. The summed E-state index contributed by atoms with van der Waals surface area (Å²) in [6, 6.07) is 4.36. The first-order valence-corrected chi connectivity index (χ1v) is 4.24. The van der Waals surface area contributed by atoms with Crippen LogP contribution in [0.2, 0.25) is 5.02 Å². The Bertz CT molecular complexity index is 330. The molecular formula is C10H9ClFN. The van der Waals surface area contributed by atoms with Gasteiger partial charge in [-0.2, -0.15) is 0 Å². The Hall–Kier alpha value is -1.20. The van der Waals surface area contributed by atoms with Gasteiger partial charge < -0.3 is 5.32 Å². The van der Waals surface area contributed by atoms with Crippen molar-refractivity contribution in [3.8, 4) is 12.3 Å². The van der Waals surface area contributed by atoms with Gasteiger partial charge in [0.05, 0.1) is 5.69 Å². The first kappa shape index (κ1) is 9.88. The van der Waals surface area contributed by atoms with Gasteiger partial charge in [-0.1, -0.05) is 11.6 Å². The minimum absolute atomic E-state index is 0.318. The van der Waals surface area contributed by atoms with Crippen LogP contribution in [0.5, 0.6) is 0 Å². The zero-order valence-electron chi connectivity index (χ0n) is 6.98. The van der Waals surface area contributed by atoms with E-state index in [1.54, 1.807) is 0 Å². The number of nitrogens with one attached hydrogen (secondary N) is 1. The summed E-state index contributed by atoms with van der Waals surface area (Å²) in [6.45, 7) is 0.549. The monoisotopic (exact) mass is 197 g/mol. The molecule has 0 aliphatic heterocycles. The molecule has 0 radical (unpaired) electrons. The lowest BCUT2D eigenvalue weighted by atomic mass is 10.3. The van der Waals surface area contributed by atoms with Crippen LogP contribution in [0, 0.1) is 18.2 Å². The highest BCUT2D eigenvalue weighted by atomic mass is 35.5. The van der Waals surface area contributed by atoms with Gasteiger partial charge in [0.1, 0.15) is 5.82 Å². The Kier molecular flexibility index (Phi) is 3.60. The SMILES string of the molecule is C#CCCNc1cc(Cl)ccc1F. The molecule has 0 unspecified atom stereocenters. The predicted octanol–water partition coefficient (Wildman–Crippen LogP) is 2.91. The van der Waals surface area contributed by atoms with Gasteiger partial charge >= 0.3 is 0 Å². The fourth-order valence-electron chi connectivity index (χ4n) is 0.902. The molecule has 0 bridgehead atoms. The molecule has 1 rings (SSSR count). The quantitative estimate of drug-likeness (QED) is 0.581. The van der Waals surface area contributed by atoms with Gasteiger partial charge in [-0.15, -0.1) is 12.3 Å². The van der Waals surface area contributed by atoms with Crippen LogP contribution in [-0.4, -0.2) is 6.54 Å². The van der Waals surface area contributed by atoms with E-state index < -0.39 is 0 Å². The molecule has 0 aliphatic carbocycles. The molecule has 1 aromatic rings. The van der Waals surface area contributed by atoms with Crippen LogP contribution in [-0.2, 0) is 0 Å². The molecule has 1 N–H and O–H groups in total. The summed E-state index contributed by atoms with van der Waals surface area (Å²) >= 11 is 5.68. The second-order valence-corrected chi connectivity index (χ2v) is 2.94. The van der Waals surface area contributed by atoms with E-state index >= 15 is 0 Å². The van der Waals surface area contributed by atoms with Crippen molar-refractivity contribution >= 4 is 17.3 Å². The van der Waals surface area contributed by atoms with E-state index in [1.165, 1.54) is 18.2 Å². The average Bonchev–Trinajstić information content (AvgIpc) is 2.11. The molecule has 0 aliphatic rings. The number of hydrogen-bond donors (Lipinski definition) is 1. The van der Waals surface area contributed by atoms with E-state index in [4.69, 9.17) is 18.0 Å². The van der Waals surface area contributed by atoms with Gasteiger partial charge in [0, 0.05) is 18.0 Å². The van der Waals surface area contributed by atoms with Crippen LogP contribution < -0.4 is 5.32 Å². The first-order valence-electron chi connectivity index (χ1n) is 3.86. The summed E-state index contributed by atoms with van der Waals surface area (Å²) in [5.74, 6) is 2.14. The Labute approximate surface area is 81.9 Å². The highest BCUT2D eigenvalue weighted by Crippen LogP contribution is 2.19. The zero-order valence-corrected chi connectivity index (χ0v) is 7.74. The first-order chi connectivity index (χ1) is 6.24. The van der Waals surface area contributed by atoms with Gasteiger partial charge in [0.25, 0.3) is 0 Å². The molecule has 3 heteroatoms. The third-order valence-electron chi connectivity index (χ3n) is 1.51. The number of hydrogen-bond acceptors (Lipinski definition) is 1. The van der Waals surface area contributed by atoms with Crippen LogP contribution in [0.4, 0.5) is 10.1 Å². The fourth-order valence-corrected chi connectivity index (χ4v) is 1.07. The summed E-state index contributed by atoms with van der Waals surface area (Å²) in [5, 5.41) is 3.36. The molecule has 1 aromatic carbocycles. The number of benzene rings is 1. The molecule has 0 spiro atoms. The van der Waals surface area contributed by atoms with Crippen LogP contribution >= 0.6 is 11.6 Å². The van der Waals surface area contributed by atoms with Crippen molar-refractivity contribution in [3.05, 3.63) is 29.0 Å². The van der Waals surface area contributed by atoms with E-state index in [-0.39, 0.29) is 5.82 Å². The van der Waals surface area contributed by atoms with Gasteiger partial charge in [0.2, 0.25) is 0 Å². The molecule has 0 saturated heterocycles. The van der Waals surface area contributed by atoms with Gasteiger partial charge in [-0.3, -0.25) is 0 Å². The van der Waals surface area contributed by atoms with Crippen LogP contribution in [0.1, 0.15) is 6.42 Å². The van der Waals surface area contributed by atoms with Crippen molar-refractivity contribution < 1.29 is 4.39 Å². The van der Waals surface area contributed by atoms with Crippen molar-refractivity contribution in [2.45, 2.75) is 6.42 Å². The van der Waals surface area contributed by atoms with Crippen molar-refractivity contribution in [1.82, 2.24) is 0 Å². The molecule has 0 saturated carbocycles. The third kappa shape index (κ3) is 2.96. The van der Waals surface area contributed by atoms with E-state index in [9.17, 15) is 4.39 Å². The van der Waals surface area contributed by atoms with Gasteiger partial charge in [0.15, 0.2) is 0 Å². The predicted molar refractivity (Wildman–Crippen MR) is 53.3 cm³/mol. The normalized spacial score (nSPS) is 9.31. The zero-order chi connectivity index (χ0) is 9.68. The fraction of sp³-hybridized carbons (Fsp3) is 0.200. The number of rotatable bonds is 3. The Morgan fingerprint density at radius 1 is 1.54 bits per heavy atom. The maximum absolute atomic E-state index is 13.0. The molecule has 68 valence electrons. The van der Waals surface area contributed by atoms with Crippen LogP contribution in [0.3, 0.4) is 0 Å². The lowest BCUT2D eigenvalue weighted by Gasteiger charge is -2.05. The Balaban J connectivity index is 2.65. The van der Waals surface area contributed by atoms with E-state index in [1.807, 2.05) is 0 Å². The van der Waals surface area contributed by atoms with Crippen molar-refractivity contribution in [1.29, 1.82) is 0 Å². The molecular weight excluding hydrogens is 189 g/mol. The lowest BCUT2D eigenvalue weighted by Crippen LogP contribution is -2.02. The maximum atomic E-state index is 13.0. The lowest BCUT2D eigenvalue weighted by molar-refractivity contribution is 0.630. The summed E-state index contributed by atoms with van der Waals surface area (Å²) in [7, 11) is 0. The number of terminal acetylenes is 1. The third-order valence-corrected chi connectivity index (χ3v) is 1.75. The molecule has 1 nitrogen and oxygen atoms in total. The van der Waals surface area contributed by atoms with Crippen LogP contribution in [0.15, 0.2) is 18.2 Å². The molecule has 0 heterocycles. The van der Waals surface area contributed by atoms with Gasteiger partial charge in [-0.05, 0) is 18.2 Å². The molecule has 13 heavy (non-hydrogen) atoms. The number of halogens is 2. The van der Waals surface area contributed by atoms with Crippen LogP contribution in [0.25, 0.3) is 0 Å². The van der Waals surface area contributed by atoms with Crippen molar-refractivity contribution in [3.63, 3.8) is 0 Å². The average molecular weight is 198 g/mol. The minimum atomic E-state index is -0.318. The van der Waals surface area contributed by atoms with E-state index in [0.29, 0.717) is 23.7 Å². The molecule has 0 amide bonds. The topological polar surface area (TPSA) is 12.0 Å². The molecule has 0 fully saturated rings. The summed E-state index contributed by atoms with van der Waals surface area (Å²) in [6.07, 6.45) is 5.61. The summed E-state index contributed by atoms with van der Waals surface area (Å²) in [5.41, 5.74) is 0.391. The minimum Gasteiger partial charge on any atom is -0.382 e. The second kappa shape index (κ2) is 4.74. The standard InChI is InChI=1S/C10H9ClFN/c1-2-3-6-13-10-7-8(11)4-5-9(10)12/h1,4-5,7,13H,3,6H2. The number of anilines is 1. The highest BCUT2D eigenvalue weighted by Gasteiger charge is 2.00. The van der Waals surface area contributed by atoms with E-state index in [2.05, 4.69) is 11.2 Å².